The average molecular weight is 263 g/mol. The van der Waals surface area contributed by atoms with Gasteiger partial charge in [0, 0.05) is 20.4 Å². The molecule has 0 aliphatic rings. The number of aryl methyl sites for hydroxylation is 1. The lowest BCUT2D eigenvalue weighted by atomic mass is 10.2. The summed E-state index contributed by atoms with van der Waals surface area (Å²) in [6.45, 7) is 6.11. The minimum Gasteiger partial charge on any atom is -0.496 e. The molecule has 1 nitrogen and oxygen atoms in total. The zero-order valence-corrected chi connectivity index (χ0v) is 11.7. The molecule has 0 spiro atoms. The number of hydrogen-bond acceptors (Lipinski definition) is 3. The molecule has 1 heterocycles. The lowest BCUT2D eigenvalue weighted by molar-refractivity contribution is 0.412. The highest BCUT2D eigenvalue weighted by atomic mass is 32.2. The molecule has 2 aromatic rings. The van der Waals surface area contributed by atoms with Gasteiger partial charge in [-0.25, -0.2) is 0 Å². The Morgan fingerprint density at radius 1 is 1.29 bits per heavy atom. The monoisotopic (exact) mass is 263 g/mol. The highest BCUT2D eigenvalue weighted by molar-refractivity contribution is 7.98. The van der Waals surface area contributed by atoms with E-state index in [4.69, 9.17) is 4.74 Å². The van der Waals surface area contributed by atoms with Crippen molar-refractivity contribution in [2.75, 3.05) is 7.11 Å². The van der Waals surface area contributed by atoms with Gasteiger partial charge in [0.25, 0.3) is 0 Å². The molecule has 17 heavy (non-hydrogen) atoms. The normalized spacial score (nSPS) is 10.5. The van der Waals surface area contributed by atoms with Gasteiger partial charge in [-0.3, -0.25) is 0 Å². The summed E-state index contributed by atoms with van der Waals surface area (Å²) in [7, 11) is 1.67. The van der Waals surface area contributed by atoms with Gasteiger partial charge in [-0.2, -0.15) is 0 Å². The Labute approximate surface area is 111 Å². The molecule has 0 saturated carbocycles. The Hall–Kier alpha value is -0.930. The van der Waals surface area contributed by atoms with E-state index in [1.165, 1.54) is 14.6 Å². The molecule has 0 bridgehead atoms. The van der Waals surface area contributed by atoms with Crippen LogP contribution in [-0.2, 0) is 5.75 Å². The van der Waals surface area contributed by atoms with Gasteiger partial charge < -0.3 is 4.74 Å². The van der Waals surface area contributed by atoms with E-state index in [2.05, 4.69) is 38.1 Å². The van der Waals surface area contributed by atoms with E-state index in [1.54, 1.807) is 7.11 Å². The van der Waals surface area contributed by atoms with Gasteiger partial charge >= 0.3 is 0 Å². The fourth-order valence-electron chi connectivity index (χ4n) is 1.56. The summed E-state index contributed by atoms with van der Waals surface area (Å²) in [4.78, 5) is 4.02. The number of hydrogen-bond donors (Lipinski definition) is 0. The van der Waals surface area contributed by atoms with E-state index in [9.17, 15) is 0 Å². The van der Waals surface area contributed by atoms with Crippen LogP contribution in [-0.4, -0.2) is 7.11 Å². The Morgan fingerprint density at radius 2 is 2.12 bits per heavy atom. The van der Waals surface area contributed by atoms with Gasteiger partial charge in [-0.1, -0.05) is 0 Å². The third-order valence-electron chi connectivity index (χ3n) is 2.43. The number of rotatable bonds is 4. The van der Waals surface area contributed by atoms with Crippen molar-refractivity contribution in [3.8, 4) is 5.75 Å². The zero-order valence-electron chi connectivity index (χ0n) is 10.0. The van der Waals surface area contributed by atoms with Crippen molar-refractivity contribution in [3.05, 3.63) is 52.6 Å². The Bertz CT molecular complexity index is 503. The SMILES string of the molecule is [CH2]c1cc(SCc2ccc(C)s2)ccc1OC. The lowest BCUT2D eigenvalue weighted by Gasteiger charge is -2.06. The number of benzene rings is 1. The lowest BCUT2D eigenvalue weighted by Crippen LogP contribution is -1.86. The second kappa shape index (κ2) is 5.61. The van der Waals surface area contributed by atoms with Crippen LogP contribution >= 0.6 is 23.1 Å². The minimum absolute atomic E-state index is 0.848. The van der Waals surface area contributed by atoms with E-state index in [0.29, 0.717) is 0 Å². The first-order valence-electron chi connectivity index (χ1n) is 5.37. The van der Waals surface area contributed by atoms with Crippen molar-refractivity contribution in [1.82, 2.24) is 0 Å². The fourth-order valence-corrected chi connectivity index (χ4v) is 3.46. The first kappa shape index (κ1) is 12.5. The van der Waals surface area contributed by atoms with Crippen LogP contribution < -0.4 is 4.74 Å². The van der Waals surface area contributed by atoms with E-state index in [-0.39, 0.29) is 0 Å². The molecule has 1 aromatic carbocycles. The molecular weight excluding hydrogens is 248 g/mol. The quantitative estimate of drug-likeness (QED) is 0.749. The molecule has 0 amide bonds. The van der Waals surface area contributed by atoms with Gasteiger partial charge in [0.15, 0.2) is 0 Å². The third-order valence-corrected chi connectivity index (χ3v) is 4.65. The summed E-state index contributed by atoms with van der Waals surface area (Å²) in [6.07, 6.45) is 0. The highest BCUT2D eigenvalue weighted by Crippen LogP contribution is 2.29. The van der Waals surface area contributed by atoms with Crippen LogP contribution in [0.4, 0.5) is 0 Å². The van der Waals surface area contributed by atoms with Gasteiger partial charge in [-0.05, 0) is 49.7 Å². The number of methoxy groups -OCH3 is 1. The first-order valence-corrected chi connectivity index (χ1v) is 7.17. The standard InChI is InChI=1S/C14H15OS2/c1-10-8-12(6-7-14(10)15-3)16-9-13-5-4-11(2)17-13/h4-8H,1,9H2,2-3H3. The second-order valence-electron chi connectivity index (χ2n) is 3.77. The third kappa shape index (κ3) is 3.27. The maximum absolute atomic E-state index is 5.20. The number of thioether (sulfide) groups is 1. The highest BCUT2D eigenvalue weighted by Gasteiger charge is 2.02. The topological polar surface area (TPSA) is 9.23 Å². The molecule has 1 radical (unpaired) electrons. The van der Waals surface area contributed by atoms with Crippen molar-refractivity contribution in [1.29, 1.82) is 0 Å². The van der Waals surface area contributed by atoms with E-state index < -0.39 is 0 Å². The average Bonchev–Trinajstić information content (AvgIpc) is 2.73. The summed E-state index contributed by atoms with van der Waals surface area (Å²) in [5.74, 6) is 1.87. The van der Waals surface area contributed by atoms with Crippen LogP contribution in [0, 0.1) is 13.8 Å². The zero-order chi connectivity index (χ0) is 12.3. The van der Waals surface area contributed by atoms with Crippen molar-refractivity contribution < 1.29 is 4.74 Å². The Kier molecular flexibility index (Phi) is 4.13. The molecule has 0 N–H and O–H groups in total. The molecule has 0 fully saturated rings. The van der Waals surface area contributed by atoms with E-state index >= 15 is 0 Å². The van der Waals surface area contributed by atoms with Crippen molar-refractivity contribution in [2.24, 2.45) is 0 Å². The second-order valence-corrected chi connectivity index (χ2v) is 6.20. The van der Waals surface area contributed by atoms with Gasteiger partial charge in [0.1, 0.15) is 5.75 Å². The molecule has 2 rings (SSSR count). The maximum atomic E-state index is 5.20. The maximum Gasteiger partial charge on any atom is 0.122 e. The van der Waals surface area contributed by atoms with Crippen LogP contribution in [0.1, 0.15) is 15.3 Å². The molecular formula is C14H15OS2. The summed E-state index contributed by atoms with van der Waals surface area (Å²) in [5, 5.41) is 0. The summed E-state index contributed by atoms with van der Waals surface area (Å²) in [6, 6.07) is 10.5. The largest absolute Gasteiger partial charge is 0.496 e. The van der Waals surface area contributed by atoms with Crippen molar-refractivity contribution in [2.45, 2.75) is 17.6 Å². The first-order chi connectivity index (χ1) is 8.19. The number of thiophene rings is 1. The molecule has 3 heteroatoms. The fraction of sp³-hybridized carbons (Fsp3) is 0.214. The molecule has 0 unspecified atom stereocenters. The van der Waals surface area contributed by atoms with Crippen molar-refractivity contribution in [3.63, 3.8) is 0 Å². The van der Waals surface area contributed by atoms with E-state index in [0.717, 1.165) is 17.1 Å². The minimum atomic E-state index is 0.848. The number of ether oxygens (including phenoxy) is 1. The van der Waals surface area contributed by atoms with Crippen molar-refractivity contribution >= 4 is 23.1 Å². The molecule has 0 saturated heterocycles. The molecule has 0 atom stereocenters. The van der Waals surface area contributed by atoms with Crippen LogP contribution in [0.5, 0.6) is 5.75 Å². The van der Waals surface area contributed by atoms with Crippen LogP contribution in [0.15, 0.2) is 35.2 Å². The predicted molar refractivity (Wildman–Crippen MR) is 76.1 cm³/mol. The summed E-state index contributed by atoms with van der Waals surface area (Å²) in [5.41, 5.74) is 0.944. The van der Waals surface area contributed by atoms with E-state index in [1.807, 2.05) is 29.2 Å². The van der Waals surface area contributed by atoms with Gasteiger partial charge in [-0.15, -0.1) is 23.1 Å². The molecule has 0 aliphatic heterocycles. The molecule has 1 aromatic heterocycles. The molecule has 89 valence electrons. The van der Waals surface area contributed by atoms with Gasteiger partial charge in [0.2, 0.25) is 0 Å². The van der Waals surface area contributed by atoms with Gasteiger partial charge in [0.05, 0.1) is 7.11 Å². The smallest absolute Gasteiger partial charge is 0.122 e. The predicted octanol–water partition coefficient (Wildman–Crippen LogP) is 4.54. The van der Waals surface area contributed by atoms with Crippen LogP contribution in [0.2, 0.25) is 0 Å². The van der Waals surface area contributed by atoms with Crippen LogP contribution in [0.3, 0.4) is 0 Å². The summed E-state index contributed by atoms with van der Waals surface area (Å²) >= 11 is 3.69. The Balaban J connectivity index is 2.02. The summed E-state index contributed by atoms with van der Waals surface area (Å²) < 4.78 is 5.20. The Morgan fingerprint density at radius 3 is 2.71 bits per heavy atom. The van der Waals surface area contributed by atoms with Crippen LogP contribution in [0.25, 0.3) is 0 Å². The molecule has 0 aliphatic carbocycles.